The van der Waals surface area contributed by atoms with Crippen molar-refractivity contribution in [1.29, 1.82) is 0 Å². The van der Waals surface area contributed by atoms with E-state index in [-0.39, 0.29) is 5.75 Å². The molecule has 0 radical (unpaired) electrons. The van der Waals surface area contributed by atoms with Crippen LogP contribution in [0.2, 0.25) is 0 Å². The molecule has 0 spiro atoms. The number of phenolic OH excluding ortho intramolecular Hbond substituents is 1. The number of aryl methyl sites for hydroxylation is 1. The first-order valence-electron chi connectivity index (χ1n) is 5.58. The van der Waals surface area contributed by atoms with Gasteiger partial charge in [-0.05, 0) is 30.2 Å². The smallest absolute Gasteiger partial charge is 0.130 e. The van der Waals surface area contributed by atoms with Crippen molar-refractivity contribution in [3.05, 3.63) is 29.8 Å². The largest absolute Gasteiger partial charge is 0.507 e. The standard InChI is InChI=1S/C14H16O3/c1-4-9-5-6-10-11(16-2)7-8-12(17-3)13(10)14(9)15/h5-8,15H,4H2,1-3H3. The van der Waals surface area contributed by atoms with Gasteiger partial charge in [0, 0.05) is 5.39 Å². The van der Waals surface area contributed by atoms with Crippen LogP contribution in [0.4, 0.5) is 0 Å². The third kappa shape index (κ3) is 1.78. The molecule has 2 rings (SSSR count). The SMILES string of the molecule is CCc1ccc2c(OC)ccc(OC)c2c1O. The Morgan fingerprint density at radius 2 is 1.65 bits per heavy atom. The molecule has 0 amide bonds. The summed E-state index contributed by atoms with van der Waals surface area (Å²) in [5.74, 6) is 1.67. The van der Waals surface area contributed by atoms with Crippen LogP contribution < -0.4 is 9.47 Å². The molecule has 0 unspecified atom stereocenters. The highest BCUT2D eigenvalue weighted by Gasteiger charge is 2.13. The minimum Gasteiger partial charge on any atom is -0.507 e. The number of hydrogen-bond acceptors (Lipinski definition) is 3. The lowest BCUT2D eigenvalue weighted by Gasteiger charge is -2.13. The van der Waals surface area contributed by atoms with Gasteiger partial charge in [-0.15, -0.1) is 0 Å². The molecule has 90 valence electrons. The van der Waals surface area contributed by atoms with Gasteiger partial charge in [-0.2, -0.15) is 0 Å². The molecule has 0 aliphatic carbocycles. The molecule has 0 atom stereocenters. The Kier molecular flexibility index (Phi) is 3.09. The third-order valence-electron chi connectivity index (χ3n) is 2.98. The molecule has 0 bridgehead atoms. The van der Waals surface area contributed by atoms with Gasteiger partial charge in [0.15, 0.2) is 0 Å². The van der Waals surface area contributed by atoms with E-state index in [1.807, 2.05) is 25.1 Å². The molecule has 0 saturated heterocycles. The maximum absolute atomic E-state index is 10.2. The van der Waals surface area contributed by atoms with Gasteiger partial charge in [0.1, 0.15) is 17.2 Å². The van der Waals surface area contributed by atoms with Crippen LogP contribution in [0.1, 0.15) is 12.5 Å². The zero-order chi connectivity index (χ0) is 12.4. The summed E-state index contributed by atoms with van der Waals surface area (Å²) in [5.41, 5.74) is 0.907. The van der Waals surface area contributed by atoms with E-state index in [4.69, 9.17) is 9.47 Å². The Bertz CT molecular complexity index is 547. The molecule has 0 fully saturated rings. The molecule has 0 saturated carbocycles. The minimum absolute atomic E-state index is 0.278. The molecule has 3 heteroatoms. The first-order chi connectivity index (χ1) is 8.22. The lowest BCUT2D eigenvalue weighted by molar-refractivity contribution is 0.407. The summed E-state index contributed by atoms with van der Waals surface area (Å²) < 4.78 is 10.6. The molecule has 0 aliphatic heterocycles. The number of hydrogen-bond donors (Lipinski definition) is 1. The molecule has 0 heterocycles. The Labute approximate surface area is 101 Å². The highest BCUT2D eigenvalue weighted by atomic mass is 16.5. The van der Waals surface area contributed by atoms with Gasteiger partial charge >= 0.3 is 0 Å². The van der Waals surface area contributed by atoms with Gasteiger partial charge in [-0.3, -0.25) is 0 Å². The van der Waals surface area contributed by atoms with Gasteiger partial charge < -0.3 is 14.6 Å². The Morgan fingerprint density at radius 3 is 2.24 bits per heavy atom. The van der Waals surface area contributed by atoms with Crippen LogP contribution in [0, 0.1) is 0 Å². The lowest BCUT2D eigenvalue weighted by atomic mass is 10.0. The van der Waals surface area contributed by atoms with Crippen molar-refractivity contribution in [2.45, 2.75) is 13.3 Å². The van der Waals surface area contributed by atoms with E-state index in [1.54, 1.807) is 20.3 Å². The third-order valence-corrected chi connectivity index (χ3v) is 2.98. The monoisotopic (exact) mass is 232 g/mol. The molecule has 0 aromatic heterocycles. The number of benzene rings is 2. The molecule has 2 aromatic carbocycles. The van der Waals surface area contributed by atoms with E-state index in [1.165, 1.54) is 0 Å². The van der Waals surface area contributed by atoms with E-state index in [0.29, 0.717) is 11.1 Å². The predicted molar refractivity (Wildman–Crippen MR) is 68.1 cm³/mol. The molecule has 17 heavy (non-hydrogen) atoms. The van der Waals surface area contributed by atoms with Crippen LogP contribution in [0.5, 0.6) is 17.2 Å². The van der Waals surface area contributed by atoms with Crippen molar-refractivity contribution < 1.29 is 14.6 Å². The molecular weight excluding hydrogens is 216 g/mol. The summed E-state index contributed by atoms with van der Waals surface area (Å²) in [6.07, 6.45) is 0.780. The van der Waals surface area contributed by atoms with Crippen LogP contribution in [0.15, 0.2) is 24.3 Å². The Hall–Kier alpha value is -1.90. The fourth-order valence-corrected chi connectivity index (χ4v) is 2.05. The molecule has 2 aromatic rings. The molecule has 1 N–H and O–H groups in total. The summed E-state index contributed by atoms with van der Waals surface area (Å²) in [6.45, 7) is 2.01. The van der Waals surface area contributed by atoms with Gasteiger partial charge in [0.2, 0.25) is 0 Å². The van der Waals surface area contributed by atoms with Crippen molar-refractivity contribution in [1.82, 2.24) is 0 Å². The van der Waals surface area contributed by atoms with E-state index >= 15 is 0 Å². The van der Waals surface area contributed by atoms with Crippen LogP contribution in [0.25, 0.3) is 10.8 Å². The first kappa shape index (κ1) is 11.6. The highest BCUT2D eigenvalue weighted by molar-refractivity contribution is 5.98. The van der Waals surface area contributed by atoms with E-state index < -0.39 is 0 Å². The summed E-state index contributed by atoms with van der Waals surface area (Å²) in [5, 5.41) is 11.8. The fourth-order valence-electron chi connectivity index (χ4n) is 2.05. The fraction of sp³-hybridized carbons (Fsp3) is 0.286. The lowest BCUT2D eigenvalue weighted by Crippen LogP contribution is -1.92. The normalized spacial score (nSPS) is 10.5. The zero-order valence-corrected chi connectivity index (χ0v) is 10.3. The van der Waals surface area contributed by atoms with Crippen LogP contribution in [-0.2, 0) is 6.42 Å². The summed E-state index contributed by atoms with van der Waals surface area (Å²) in [6, 6.07) is 7.52. The van der Waals surface area contributed by atoms with Crippen molar-refractivity contribution in [3.8, 4) is 17.2 Å². The van der Waals surface area contributed by atoms with E-state index in [9.17, 15) is 5.11 Å². The van der Waals surface area contributed by atoms with Crippen molar-refractivity contribution in [2.75, 3.05) is 14.2 Å². The first-order valence-corrected chi connectivity index (χ1v) is 5.58. The second-order valence-corrected chi connectivity index (χ2v) is 3.82. The van der Waals surface area contributed by atoms with Gasteiger partial charge in [-0.25, -0.2) is 0 Å². The average Bonchev–Trinajstić information content (AvgIpc) is 2.38. The number of rotatable bonds is 3. The Balaban J connectivity index is 2.86. The van der Waals surface area contributed by atoms with Gasteiger partial charge in [0.25, 0.3) is 0 Å². The number of phenols is 1. The topological polar surface area (TPSA) is 38.7 Å². The molecule has 0 aliphatic rings. The zero-order valence-electron chi connectivity index (χ0n) is 10.3. The second kappa shape index (κ2) is 4.53. The maximum atomic E-state index is 10.2. The average molecular weight is 232 g/mol. The van der Waals surface area contributed by atoms with Crippen molar-refractivity contribution >= 4 is 10.8 Å². The number of fused-ring (bicyclic) bond motifs is 1. The Morgan fingerprint density at radius 1 is 1.00 bits per heavy atom. The van der Waals surface area contributed by atoms with E-state index in [2.05, 4.69) is 0 Å². The quantitative estimate of drug-likeness (QED) is 0.883. The van der Waals surface area contributed by atoms with Crippen molar-refractivity contribution in [2.24, 2.45) is 0 Å². The van der Waals surface area contributed by atoms with Crippen LogP contribution in [0.3, 0.4) is 0 Å². The van der Waals surface area contributed by atoms with Crippen LogP contribution >= 0.6 is 0 Å². The highest BCUT2D eigenvalue weighted by Crippen LogP contribution is 2.40. The van der Waals surface area contributed by atoms with Crippen LogP contribution in [-0.4, -0.2) is 19.3 Å². The molecule has 3 nitrogen and oxygen atoms in total. The number of ether oxygens (including phenoxy) is 2. The van der Waals surface area contributed by atoms with Crippen molar-refractivity contribution in [3.63, 3.8) is 0 Å². The predicted octanol–water partition coefficient (Wildman–Crippen LogP) is 3.13. The summed E-state index contributed by atoms with van der Waals surface area (Å²) >= 11 is 0. The maximum Gasteiger partial charge on any atom is 0.130 e. The molecular formula is C14H16O3. The number of methoxy groups -OCH3 is 2. The second-order valence-electron chi connectivity index (χ2n) is 3.82. The minimum atomic E-state index is 0.278. The van der Waals surface area contributed by atoms with E-state index in [0.717, 1.165) is 23.1 Å². The summed E-state index contributed by atoms with van der Waals surface area (Å²) in [4.78, 5) is 0. The van der Waals surface area contributed by atoms with Gasteiger partial charge in [0.05, 0.1) is 19.6 Å². The number of aromatic hydroxyl groups is 1. The van der Waals surface area contributed by atoms with Gasteiger partial charge in [-0.1, -0.05) is 13.0 Å². The summed E-state index contributed by atoms with van der Waals surface area (Å²) in [7, 11) is 3.21.